The summed E-state index contributed by atoms with van der Waals surface area (Å²) in [5, 5.41) is 10.6. The first-order valence-electron chi connectivity index (χ1n) is 9.62. The van der Waals surface area contributed by atoms with Crippen molar-refractivity contribution in [3.8, 4) is 11.1 Å². The molecule has 0 fully saturated rings. The largest absolute Gasteiger partial charge is 0.461 e. The lowest BCUT2D eigenvalue weighted by Gasteiger charge is -2.13. The summed E-state index contributed by atoms with van der Waals surface area (Å²) in [6.45, 7) is 11.7. The van der Waals surface area contributed by atoms with Crippen molar-refractivity contribution in [2.45, 2.75) is 26.4 Å². The molecule has 0 saturated heterocycles. The molecule has 1 unspecified atom stereocenters. The van der Waals surface area contributed by atoms with Crippen molar-refractivity contribution < 1.29 is 14.6 Å². The summed E-state index contributed by atoms with van der Waals surface area (Å²) in [6.07, 6.45) is -0.108. The number of carbonyl (C=O) groups is 1. The fourth-order valence-corrected chi connectivity index (χ4v) is 3.61. The van der Waals surface area contributed by atoms with Gasteiger partial charge in [-0.2, -0.15) is 0 Å². The van der Waals surface area contributed by atoms with E-state index in [0.717, 1.165) is 22.4 Å². The molecule has 1 heterocycles. The maximum Gasteiger partial charge on any atom is 0.354 e. The van der Waals surface area contributed by atoms with Gasteiger partial charge in [-0.1, -0.05) is 61.5 Å². The molecule has 2 aromatic carbocycles. The van der Waals surface area contributed by atoms with Crippen molar-refractivity contribution in [1.29, 1.82) is 0 Å². The van der Waals surface area contributed by atoms with E-state index in [0.29, 0.717) is 23.4 Å². The van der Waals surface area contributed by atoms with Crippen LogP contribution in [-0.2, 0) is 18.2 Å². The quantitative estimate of drug-likeness (QED) is 0.474. The van der Waals surface area contributed by atoms with Gasteiger partial charge in [0, 0.05) is 18.3 Å². The number of nitrogens with zero attached hydrogens (tertiary/aromatic N) is 2. The van der Waals surface area contributed by atoms with Crippen molar-refractivity contribution in [2.75, 3.05) is 6.61 Å². The SMILES string of the molecule is [C-]#[N+]c1c(-c2ccc(C(O)c3ccccc3)cc2)c(C(=O)OCC)n(C)c1CC. The highest BCUT2D eigenvalue weighted by Crippen LogP contribution is 2.40. The van der Waals surface area contributed by atoms with Gasteiger partial charge < -0.3 is 14.4 Å². The number of hydrogen-bond acceptors (Lipinski definition) is 3. The molecule has 0 radical (unpaired) electrons. The predicted octanol–water partition coefficient (Wildman–Crippen LogP) is 5.06. The number of hydrogen-bond donors (Lipinski definition) is 1. The Bertz CT molecular complexity index is 1040. The summed E-state index contributed by atoms with van der Waals surface area (Å²) in [4.78, 5) is 16.4. The van der Waals surface area contributed by atoms with Crippen LogP contribution in [0.15, 0.2) is 54.6 Å². The van der Waals surface area contributed by atoms with Crippen molar-refractivity contribution in [3.05, 3.63) is 88.5 Å². The molecule has 0 amide bonds. The van der Waals surface area contributed by atoms with E-state index in [-0.39, 0.29) is 6.61 Å². The van der Waals surface area contributed by atoms with Gasteiger partial charge in [-0.15, -0.1) is 0 Å². The third kappa shape index (κ3) is 3.80. The lowest BCUT2D eigenvalue weighted by atomic mass is 9.97. The van der Waals surface area contributed by atoms with Gasteiger partial charge >= 0.3 is 5.97 Å². The van der Waals surface area contributed by atoms with Crippen molar-refractivity contribution in [2.24, 2.45) is 7.05 Å². The van der Waals surface area contributed by atoms with Crippen molar-refractivity contribution >= 4 is 11.7 Å². The van der Waals surface area contributed by atoms with Gasteiger partial charge in [-0.3, -0.25) is 0 Å². The van der Waals surface area contributed by atoms with Crippen LogP contribution in [0.5, 0.6) is 0 Å². The minimum Gasteiger partial charge on any atom is -0.461 e. The van der Waals surface area contributed by atoms with E-state index >= 15 is 0 Å². The lowest BCUT2D eigenvalue weighted by Crippen LogP contribution is -2.12. The van der Waals surface area contributed by atoms with Crippen LogP contribution in [0.4, 0.5) is 5.69 Å². The normalized spacial score (nSPS) is 11.7. The summed E-state index contributed by atoms with van der Waals surface area (Å²) in [5.41, 5.74) is 4.53. The van der Waals surface area contributed by atoms with E-state index in [4.69, 9.17) is 11.3 Å². The molecule has 5 nitrogen and oxygen atoms in total. The minimum atomic E-state index is -0.739. The topological polar surface area (TPSA) is 55.8 Å². The van der Waals surface area contributed by atoms with Gasteiger partial charge in [0.2, 0.25) is 5.69 Å². The number of aromatic nitrogens is 1. The molecular formula is C24H24N2O3. The summed E-state index contributed by atoms with van der Waals surface area (Å²) in [6, 6.07) is 16.8. The zero-order chi connectivity index (χ0) is 21.0. The summed E-state index contributed by atoms with van der Waals surface area (Å²) >= 11 is 0. The van der Waals surface area contributed by atoms with Crippen LogP contribution in [0.25, 0.3) is 16.0 Å². The fraction of sp³-hybridized carbons (Fsp3) is 0.250. The van der Waals surface area contributed by atoms with Crippen LogP contribution in [0.1, 0.15) is 47.3 Å². The summed E-state index contributed by atoms with van der Waals surface area (Å²) < 4.78 is 7.00. The maximum absolute atomic E-state index is 12.6. The number of benzene rings is 2. The van der Waals surface area contributed by atoms with Crippen LogP contribution in [-0.4, -0.2) is 22.2 Å². The Balaban J connectivity index is 2.08. The molecule has 1 aromatic heterocycles. The highest BCUT2D eigenvalue weighted by molar-refractivity contribution is 6.01. The number of aliphatic hydroxyl groups is 1. The second-order valence-corrected chi connectivity index (χ2v) is 6.70. The minimum absolute atomic E-state index is 0.264. The third-order valence-corrected chi connectivity index (χ3v) is 5.03. The van der Waals surface area contributed by atoms with Crippen molar-refractivity contribution in [1.82, 2.24) is 4.57 Å². The Morgan fingerprint density at radius 2 is 1.72 bits per heavy atom. The molecule has 0 aliphatic carbocycles. The van der Waals surface area contributed by atoms with E-state index in [1.165, 1.54) is 0 Å². The van der Waals surface area contributed by atoms with E-state index in [1.54, 1.807) is 18.5 Å². The first kappa shape index (κ1) is 20.4. The van der Waals surface area contributed by atoms with Crippen LogP contribution in [0, 0.1) is 6.57 Å². The molecule has 0 saturated carbocycles. The molecule has 3 rings (SSSR count). The van der Waals surface area contributed by atoms with Gasteiger partial charge in [0.05, 0.1) is 13.2 Å². The van der Waals surface area contributed by atoms with Crippen LogP contribution in [0.3, 0.4) is 0 Å². The Labute approximate surface area is 171 Å². The fourth-order valence-electron chi connectivity index (χ4n) is 3.61. The average molecular weight is 388 g/mol. The van der Waals surface area contributed by atoms with E-state index in [9.17, 15) is 9.90 Å². The van der Waals surface area contributed by atoms with Crippen LogP contribution < -0.4 is 0 Å². The molecular weight excluding hydrogens is 364 g/mol. The zero-order valence-electron chi connectivity index (χ0n) is 16.8. The van der Waals surface area contributed by atoms with Gasteiger partial charge in [0.1, 0.15) is 11.8 Å². The molecule has 0 spiro atoms. The van der Waals surface area contributed by atoms with Gasteiger partial charge in [-0.05, 0) is 30.0 Å². The molecule has 0 aliphatic rings. The smallest absolute Gasteiger partial charge is 0.354 e. The first-order chi connectivity index (χ1) is 14.0. The highest BCUT2D eigenvalue weighted by atomic mass is 16.5. The van der Waals surface area contributed by atoms with Gasteiger partial charge in [-0.25, -0.2) is 9.64 Å². The summed E-state index contributed by atoms with van der Waals surface area (Å²) in [7, 11) is 1.79. The highest BCUT2D eigenvalue weighted by Gasteiger charge is 2.27. The number of carbonyl (C=O) groups excluding carboxylic acids is 1. The first-order valence-corrected chi connectivity index (χ1v) is 9.62. The average Bonchev–Trinajstić information content (AvgIpc) is 3.05. The second kappa shape index (κ2) is 8.76. The monoisotopic (exact) mass is 388 g/mol. The molecule has 1 N–H and O–H groups in total. The van der Waals surface area contributed by atoms with E-state index in [1.807, 2.05) is 61.5 Å². The molecule has 148 valence electrons. The number of rotatable bonds is 6. The zero-order valence-corrected chi connectivity index (χ0v) is 16.8. The Morgan fingerprint density at radius 1 is 1.10 bits per heavy atom. The number of aliphatic hydroxyl groups excluding tert-OH is 1. The molecule has 3 aromatic rings. The molecule has 29 heavy (non-hydrogen) atoms. The molecule has 1 atom stereocenters. The van der Waals surface area contributed by atoms with E-state index < -0.39 is 12.1 Å². The third-order valence-electron chi connectivity index (χ3n) is 5.03. The Kier molecular flexibility index (Phi) is 6.16. The van der Waals surface area contributed by atoms with Gasteiger partial charge in [0.15, 0.2) is 0 Å². The number of ether oxygens (including phenoxy) is 1. The van der Waals surface area contributed by atoms with Crippen LogP contribution >= 0.6 is 0 Å². The van der Waals surface area contributed by atoms with Crippen LogP contribution in [0.2, 0.25) is 0 Å². The maximum atomic E-state index is 12.6. The molecule has 0 aliphatic heterocycles. The Morgan fingerprint density at radius 3 is 2.28 bits per heavy atom. The molecule has 5 heteroatoms. The molecule has 0 bridgehead atoms. The number of esters is 1. The van der Waals surface area contributed by atoms with Gasteiger partial charge in [0.25, 0.3) is 0 Å². The lowest BCUT2D eigenvalue weighted by molar-refractivity contribution is 0.0516. The Hall–Kier alpha value is -3.36. The van der Waals surface area contributed by atoms with Crippen molar-refractivity contribution in [3.63, 3.8) is 0 Å². The standard InChI is InChI=1S/C24H24N2O3/c1-5-19-21(25-3)20(22(26(19)4)24(28)29-6-2)16-12-14-18(15-13-16)23(27)17-10-8-7-9-11-17/h7-15,23,27H,5-6H2,1-2,4H3. The van der Waals surface area contributed by atoms with E-state index in [2.05, 4.69) is 4.85 Å². The summed E-state index contributed by atoms with van der Waals surface area (Å²) in [5.74, 6) is -0.442. The second-order valence-electron chi connectivity index (χ2n) is 6.70. The predicted molar refractivity (Wildman–Crippen MR) is 113 cm³/mol.